The summed E-state index contributed by atoms with van der Waals surface area (Å²) in [6.07, 6.45) is 4.44. The average molecular weight is 452 g/mol. The number of carbonyl (C=O) groups excluding carboxylic acids is 1. The third kappa shape index (κ3) is 4.39. The van der Waals surface area contributed by atoms with E-state index in [-0.39, 0.29) is 23.1 Å². The minimum Gasteiger partial charge on any atom is -0.492 e. The largest absolute Gasteiger partial charge is 0.492 e. The van der Waals surface area contributed by atoms with Gasteiger partial charge in [0, 0.05) is 24.2 Å². The highest BCUT2D eigenvalue weighted by molar-refractivity contribution is 5.98. The first-order valence-corrected chi connectivity index (χ1v) is 10.5. The maximum Gasteiger partial charge on any atom is 0.253 e. The van der Waals surface area contributed by atoms with Gasteiger partial charge in [0.05, 0.1) is 29.1 Å². The molecule has 5 rings (SSSR count). The van der Waals surface area contributed by atoms with E-state index >= 15 is 0 Å². The Balaban J connectivity index is 1.97. The van der Waals surface area contributed by atoms with Crippen molar-refractivity contribution in [2.24, 2.45) is 16.6 Å². The standard InChI is InChI=1S/C24H26FN5O3/c1-14-17-10-11-19(28-14)33-12-5-4-7-15-13-27-23(31)20(21(15)26)24(2,29-17)30-18-9-6-8-16(25)22(18)32-3/h4-6,8-11,15,30H,1,7,12-13,26H2,2-3H3,(H,27,31)/b5-4+,29-17-/t15-,24?/m1/s1. The van der Waals surface area contributed by atoms with Gasteiger partial charge < -0.3 is 25.8 Å². The number of para-hydroxylation sites is 1. The van der Waals surface area contributed by atoms with Crippen LogP contribution < -0.4 is 36.5 Å². The Morgan fingerprint density at radius 1 is 1.33 bits per heavy atom. The van der Waals surface area contributed by atoms with Crippen LogP contribution in [0.4, 0.5) is 10.1 Å². The lowest BCUT2D eigenvalue weighted by molar-refractivity contribution is -0.118. The van der Waals surface area contributed by atoms with E-state index in [1.54, 1.807) is 31.2 Å². The van der Waals surface area contributed by atoms with Crippen molar-refractivity contribution in [2.75, 3.05) is 25.6 Å². The van der Waals surface area contributed by atoms with E-state index in [0.29, 0.717) is 47.5 Å². The molecule has 0 spiro atoms. The predicted molar refractivity (Wildman–Crippen MR) is 122 cm³/mol. The van der Waals surface area contributed by atoms with Gasteiger partial charge in [-0.25, -0.2) is 9.37 Å². The summed E-state index contributed by atoms with van der Waals surface area (Å²) in [5.74, 6) is -0.627. The van der Waals surface area contributed by atoms with Gasteiger partial charge in [0.2, 0.25) is 5.88 Å². The minimum absolute atomic E-state index is 0.0000729. The molecule has 2 aromatic rings. The van der Waals surface area contributed by atoms with Gasteiger partial charge >= 0.3 is 0 Å². The number of carbonyl (C=O) groups is 1. The first-order chi connectivity index (χ1) is 15.8. The Kier molecular flexibility index (Phi) is 6.04. The van der Waals surface area contributed by atoms with Gasteiger partial charge in [-0.05, 0) is 31.5 Å². The fraction of sp³-hybridized carbons (Fsp3) is 0.292. The number of benzene rings is 1. The van der Waals surface area contributed by atoms with E-state index in [1.165, 1.54) is 13.2 Å². The van der Waals surface area contributed by atoms with Crippen LogP contribution in [0, 0.1) is 11.7 Å². The summed E-state index contributed by atoms with van der Waals surface area (Å²) < 4.78 is 25.3. The molecule has 3 aliphatic rings. The smallest absolute Gasteiger partial charge is 0.253 e. The van der Waals surface area contributed by atoms with Crippen molar-refractivity contribution in [3.05, 3.63) is 70.3 Å². The number of halogens is 1. The molecule has 1 amide bonds. The molecule has 172 valence electrons. The third-order valence-electron chi connectivity index (χ3n) is 5.68. The van der Waals surface area contributed by atoms with Crippen molar-refractivity contribution in [1.82, 2.24) is 10.3 Å². The average Bonchev–Trinajstić information content (AvgIpc) is 2.76. The molecule has 1 unspecified atom stereocenters. The van der Waals surface area contributed by atoms with Crippen LogP contribution in [-0.2, 0) is 4.79 Å². The Hall–Kier alpha value is -3.88. The Morgan fingerprint density at radius 2 is 2.15 bits per heavy atom. The highest BCUT2D eigenvalue weighted by Crippen LogP contribution is 2.35. The summed E-state index contributed by atoms with van der Waals surface area (Å²) in [5, 5.41) is 6.88. The monoisotopic (exact) mass is 451 g/mol. The van der Waals surface area contributed by atoms with Gasteiger partial charge in [-0.2, -0.15) is 0 Å². The molecule has 1 aromatic heterocycles. The molecule has 0 saturated heterocycles. The van der Waals surface area contributed by atoms with Gasteiger partial charge in [-0.3, -0.25) is 9.79 Å². The number of allylic oxidation sites excluding steroid dienone is 1. The maximum atomic E-state index is 14.4. The number of pyridine rings is 1. The number of nitrogens with zero attached hydrogens (tertiary/aromatic N) is 2. The van der Waals surface area contributed by atoms with E-state index in [9.17, 15) is 9.18 Å². The lowest BCUT2D eigenvalue weighted by Crippen LogP contribution is -2.51. The van der Waals surface area contributed by atoms with Crippen LogP contribution in [0.5, 0.6) is 11.6 Å². The molecule has 0 radical (unpaired) electrons. The van der Waals surface area contributed by atoms with Crippen LogP contribution in [0.1, 0.15) is 13.3 Å². The highest BCUT2D eigenvalue weighted by atomic mass is 19.1. The Morgan fingerprint density at radius 3 is 2.91 bits per heavy atom. The Labute approximate surface area is 190 Å². The number of anilines is 1. The van der Waals surface area contributed by atoms with Crippen molar-refractivity contribution in [3.8, 4) is 11.6 Å². The summed E-state index contributed by atoms with van der Waals surface area (Å²) in [5.41, 5.74) is 6.14. The van der Waals surface area contributed by atoms with E-state index in [2.05, 4.69) is 22.2 Å². The first-order valence-electron chi connectivity index (χ1n) is 10.5. The SMILES string of the molecule is C=c1nc2cc/c1=N/C(C)(Nc1cccc(F)c1OC)C1=C(N)[C@H](C/C=C/CO2)CNC1=O. The van der Waals surface area contributed by atoms with Crippen molar-refractivity contribution < 1.29 is 18.7 Å². The van der Waals surface area contributed by atoms with Gasteiger partial charge in [-0.1, -0.05) is 24.8 Å². The molecular formula is C24H26FN5O3. The fourth-order valence-corrected chi connectivity index (χ4v) is 4.04. The summed E-state index contributed by atoms with van der Waals surface area (Å²) in [7, 11) is 1.37. The lowest BCUT2D eigenvalue weighted by atomic mass is 9.87. The topological polar surface area (TPSA) is 111 Å². The van der Waals surface area contributed by atoms with Gasteiger partial charge in [0.15, 0.2) is 17.2 Å². The van der Waals surface area contributed by atoms with Crippen LogP contribution in [0.25, 0.3) is 6.58 Å². The minimum atomic E-state index is -1.39. The molecule has 2 atom stereocenters. The number of fused-ring (bicyclic) bond motifs is 6. The van der Waals surface area contributed by atoms with Gasteiger partial charge in [0.25, 0.3) is 5.91 Å². The second-order valence-corrected chi connectivity index (χ2v) is 8.00. The quantitative estimate of drug-likeness (QED) is 0.609. The summed E-state index contributed by atoms with van der Waals surface area (Å²) in [6.45, 7) is 6.42. The molecule has 4 bridgehead atoms. The molecule has 0 fully saturated rings. The molecule has 1 aromatic carbocycles. The summed E-state index contributed by atoms with van der Waals surface area (Å²) in [4.78, 5) is 22.3. The zero-order chi connectivity index (χ0) is 23.6. The summed E-state index contributed by atoms with van der Waals surface area (Å²) >= 11 is 0. The van der Waals surface area contributed by atoms with E-state index < -0.39 is 11.5 Å². The van der Waals surface area contributed by atoms with Crippen LogP contribution in [0.15, 0.2) is 58.7 Å². The number of aromatic nitrogens is 1. The highest BCUT2D eigenvalue weighted by Gasteiger charge is 2.40. The summed E-state index contributed by atoms with van der Waals surface area (Å²) in [6, 6.07) is 7.86. The number of ether oxygens (including phenoxy) is 2. The van der Waals surface area contributed by atoms with E-state index in [1.807, 2.05) is 12.2 Å². The fourth-order valence-electron chi connectivity index (χ4n) is 4.04. The molecule has 4 N–H and O–H groups in total. The molecular weight excluding hydrogens is 425 g/mol. The second-order valence-electron chi connectivity index (χ2n) is 8.00. The van der Waals surface area contributed by atoms with Crippen LogP contribution >= 0.6 is 0 Å². The van der Waals surface area contributed by atoms with E-state index in [0.717, 1.165) is 0 Å². The van der Waals surface area contributed by atoms with E-state index in [4.69, 9.17) is 20.2 Å². The van der Waals surface area contributed by atoms with Crippen molar-refractivity contribution in [2.45, 2.75) is 19.0 Å². The number of amides is 1. The number of methoxy groups -OCH3 is 1. The molecule has 33 heavy (non-hydrogen) atoms. The second kappa shape index (κ2) is 8.93. The number of nitrogens with one attached hydrogen (secondary N) is 2. The molecule has 0 saturated carbocycles. The van der Waals surface area contributed by atoms with Crippen LogP contribution in [0.3, 0.4) is 0 Å². The number of hydrogen-bond donors (Lipinski definition) is 3. The molecule has 9 heteroatoms. The number of hydrogen-bond acceptors (Lipinski definition) is 7. The van der Waals surface area contributed by atoms with Crippen molar-refractivity contribution in [1.29, 1.82) is 0 Å². The predicted octanol–water partition coefficient (Wildman–Crippen LogP) is 1.38. The third-order valence-corrected chi connectivity index (χ3v) is 5.68. The van der Waals surface area contributed by atoms with Gasteiger partial charge in [0.1, 0.15) is 6.61 Å². The number of nitrogens with two attached hydrogens (primary N) is 1. The first kappa shape index (κ1) is 22.3. The van der Waals surface area contributed by atoms with Crippen molar-refractivity contribution in [3.63, 3.8) is 0 Å². The molecule has 0 aliphatic carbocycles. The number of rotatable bonds is 3. The Bertz CT molecular complexity index is 1260. The molecule has 3 aliphatic heterocycles. The van der Waals surface area contributed by atoms with Crippen molar-refractivity contribution >= 4 is 18.2 Å². The molecule has 8 nitrogen and oxygen atoms in total. The maximum absolute atomic E-state index is 14.4. The van der Waals surface area contributed by atoms with Crippen LogP contribution in [-0.4, -0.2) is 36.8 Å². The zero-order valence-electron chi connectivity index (χ0n) is 18.5. The van der Waals surface area contributed by atoms with Gasteiger partial charge in [-0.15, -0.1) is 0 Å². The lowest BCUT2D eigenvalue weighted by Gasteiger charge is -2.36. The normalized spacial score (nSPS) is 24.6. The van der Waals surface area contributed by atoms with Crippen LogP contribution in [0.2, 0.25) is 0 Å². The molecule has 4 heterocycles. The zero-order valence-corrected chi connectivity index (χ0v) is 18.5.